The van der Waals surface area contributed by atoms with Crippen LogP contribution in [0.5, 0.6) is 5.75 Å². The molecule has 12 rings (SSSR count). The van der Waals surface area contributed by atoms with Gasteiger partial charge in [-0.3, -0.25) is 62.7 Å². The maximum atomic E-state index is 15.4. The van der Waals surface area contributed by atoms with Gasteiger partial charge in [-0.15, -0.1) is 0 Å². The third-order valence-corrected chi connectivity index (χ3v) is 29.1. The summed E-state index contributed by atoms with van der Waals surface area (Å²) in [5.41, 5.74) is 6.53. The number of hydrogen-bond acceptors (Lipinski definition) is 35. The Morgan fingerprint density at radius 2 is 1.42 bits per heavy atom. The zero-order valence-corrected chi connectivity index (χ0v) is 79.5. The van der Waals surface area contributed by atoms with Gasteiger partial charge in [-0.05, 0) is 113 Å². The molecule has 2 unspecified atom stereocenters. The van der Waals surface area contributed by atoms with Crippen LogP contribution in [0.2, 0.25) is 0 Å². The van der Waals surface area contributed by atoms with Crippen LogP contribution in [0.3, 0.4) is 0 Å². The van der Waals surface area contributed by atoms with Gasteiger partial charge in [0.1, 0.15) is 24.5 Å². The molecule has 41 nitrogen and oxygen atoms in total. The summed E-state index contributed by atoms with van der Waals surface area (Å²) < 4.78 is 33.3. The predicted octanol–water partition coefficient (Wildman–Crippen LogP) is 3.62. The average molecular weight is 1950 g/mol. The SMILES string of the molecule is CC[C@]1(O)C[C@H]2CN(CCc3c([nH]c4ccccc34)[C@@](C)(c3cc4c(cc3OC)N(C)[C@H]3[C@@](O)(C(=O)CNC(=O)OCCSSCC(CC(=O)[C@H](C)NC(=O)[C@H](C)CC(=O)[C@H](CNC(=O)CCOCCOCCOCCOC)NC(=O)CC[C@H](CC(=O)c5ccc(CCc6cnc7nc(N)[nH]c(=O)c7n6)cc5)C(=O)O)C(=O)O)[C@H](O)[C@]5(CC)C=CCN6CC[C@]43[C@@H]65)C2)C1.O=C=O.O=C=O.O=C=O. The van der Waals surface area contributed by atoms with Crippen LogP contribution in [-0.2, 0) is 121 Å². The summed E-state index contributed by atoms with van der Waals surface area (Å²) in [4.78, 5) is 223. The molecule has 15 atom stereocenters. The number of aromatic amines is 2. The summed E-state index contributed by atoms with van der Waals surface area (Å²) in [5, 5.41) is 70.8. The molecule has 4 amide bonds. The van der Waals surface area contributed by atoms with E-state index in [1.165, 1.54) is 25.6 Å². The maximum Gasteiger partial charge on any atom is 0.407 e. The number of methoxy groups -OCH3 is 2. The van der Waals surface area contributed by atoms with Gasteiger partial charge in [0.05, 0.1) is 101 Å². The van der Waals surface area contributed by atoms with Gasteiger partial charge in [-0.1, -0.05) is 97.0 Å². The van der Waals surface area contributed by atoms with Crippen LogP contribution in [0.1, 0.15) is 149 Å². The molecule has 2 saturated heterocycles. The molecule has 6 aliphatic rings. The number of piperidine rings is 1. The fraction of sp³-hybridized carbons (Fsp3) is 0.564. The first kappa shape index (κ1) is 109. The normalized spacial score (nSPS) is 23.0. The second kappa shape index (κ2) is 50.6. The zero-order valence-electron chi connectivity index (χ0n) is 77.8. The molecule has 742 valence electrons. The number of nitrogen functional groups attached to an aromatic ring is 1. The molecule has 8 heterocycles. The lowest BCUT2D eigenvalue weighted by atomic mass is 9.47. The van der Waals surface area contributed by atoms with E-state index in [1.54, 1.807) is 38.5 Å². The van der Waals surface area contributed by atoms with Crippen LogP contribution in [0.25, 0.3) is 22.1 Å². The number of aromatic nitrogens is 5. The number of Topliss-reactive ketones (excluding diaryl/α,β-unsaturated/α-hetero) is 4. The highest BCUT2D eigenvalue weighted by molar-refractivity contribution is 8.76. The van der Waals surface area contributed by atoms with E-state index in [-0.39, 0.29) is 104 Å². The minimum absolute atomic E-state index is 0.0310. The molecule has 1 aliphatic carbocycles. The highest BCUT2D eigenvalue weighted by atomic mass is 33.1. The smallest absolute Gasteiger partial charge is 0.407 e. The van der Waals surface area contributed by atoms with Crippen LogP contribution in [0, 0.1) is 29.1 Å². The van der Waals surface area contributed by atoms with Crippen LogP contribution in [-0.4, -0.2) is 311 Å². The largest absolute Gasteiger partial charge is 0.496 e. The third-order valence-electron chi connectivity index (χ3n) is 26.7. The number of nitrogens with one attached hydrogen (secondary N) is 6. The van der Waals surface area contributed by atoms with Gasteiger partial charge >= 0.3 is 36.5 Å². The first-order valence-corrected chi connectivity index (χ1v) is 47.7. The van der Waals surface area contributed by atoms with Gasteiger partial charge in [0.2, 0.25) is 23.7 Å². The Morgan fingerprint density at radius 3 is 2.08 bits per heavy atom. The monoisotopic (exact) mass is 1940 g/mol. The number of rotatable bonds is 47. The van der Waals surface area contributed by atoms with Crippen molar-refractivity contribution in [3.63, 3.8) is 0 Å². The number of carbonyl (C=O) groups excluding carboxylic acids is 14. The lowest BCUT2D eigenvalue weighted by Gasteiger charge is -2.63. The fourth-order valence-corrected chi connectivity index (χ4v) is 22.3. The predicted molar refractivity (Wildman–Crippen MR) is 493 cm³/mol. The Kier molecular flexibility index (Phi) is 40.3. The summed E-state index contributed by atoms with van der Waals surface area (Å²) in [6, 6.07) is 15.1. The quantitative estimate of drug-likeness (QED) is 0.0112. The molecule has 3 aromatic carbocycles. The van der Waals surface area contributed by atoms with E-state index in [4.69, 9.17) is 62.9 Å². The number of carboxylic acid groups (broad SMARTS) is 2. The molecule has 0 radical (unpaired) electrons. The van der Waals surface area contributed by atoms with Crippen molar-refractivity contribution >= 4 is 133 Å². The number of benzene rings is 3. The first-order valence-electron chi connectivity index (χ1n) is 45.2. The van der Waals surface area contributed by atoms with E-state index in [1.807, 2.05) is 43.2 Å². The van der Waals surface area contributed by atoms with Crippen LogP contribution >= 0.6 is 21.6 Å². The second-order valence-electron chi connectivity index (χ2n) is 35.2. The Morgan fingerprint density at radius 1 is 0.737 bits per heavy atom. The van der Waals surface area contributed by atoms with Gasteiger partial charge in [-0.2, -0.15) is 33.8 Å². The molecule has 137 heavy (non-hydrogen) atoms. The average Bonchev–Trinajstić information content (AvgIpc) is 1.49. The number of likely N-dealkylation sites (N-methyl/N-ethyl adjacent to an activating group) is 1. The maximum absolute atomic E-state index is 15.4. The van der Waals surface area contributed by atoms with Gasteiger partial charge in [-0.25, -0.2) is 14.8 Å². The molecule has 1 spiro atoms. The van der Waals surface area contributed by atoms with Gasteiger partial charge < -0.3 is 90.8 Å². The summed E-state index contributed by atoms with van der Waals surface area (Å²) in [7, 11) is 7.32. The number of carboxylic acids is 2. The minimum Gasteiger partial charge on any atom is -0.496 e. The number of aliphatic hydroxyl groups is 3. The van der Waals surface area contributed by atoms with Gasteiger partial charge in [0.15, 0.2) is 39.9 Å². The highest BCUT2D eigenvalue weighted by Gasteiger charge is 2.78. The first-order chi connectivity index (χ1) is 65.5. The Balaban J connectivity index is 0.00000225. The fourth-order valence-electron chi connectivity index (χ4n) is 20.1. The number of hydrogen-bond donors (Lipinski definition) is 12. The highest BCUT2D eigenvalue weighted by Crippen LogP contribution is 2.68. The number of nitrogens with two attached hydrogens (primary N) is 1. The number of H-pyrrole nitrogens is 2. The van der Waals surface area contributed by atoms with Crippen molar-refractivity contribution in [2.45, 2.75) is 177 Å². The van der Waals surface area contributed by atoms with Gasteiger partial charge in [0, 0.05) is 158 Å². The Bertz CT molecular complexity index is 5440. The number of para-hydroxylation sites is 1. The number of ether oxygens (including phenoxy) is 6. The summed E-state index contributed by atoms with van der Waals surface area (Å²) in [6.45, 7) is 12.9. The molecule has 3 fully saturated rings. The number of ketones is 4. The van der Waals surface area contributed by atoms with Crippen LogP contribution < -0.4 is 42.2 Å². The molecule has 13 N–H and O–H groups in total. The van der Waals surface area contributed by atoms with Crippen molar-refractivity contribution in [2.75, 3.05) is 142 Å². The number of aliphatic hydroxyl groups excluding tert-OH is 1. The van der Waals surface area contributed by atoms with Crippen molar-refractivity contribution in [3.05, 3.63) is 129 Å². The molecule has 43 heteroatoms. The second-order valence-corrected chi connectivity index (χ2v) is 37.9. The number of carbonyl (C=O) groups is 10. The Hall–Kier alpha value is -11.7. The number of nitrogens with zero attached hydrogens (tertiary/aromatic N) is 6. The zero-order chi connectivity index (χ0) is 100. The van der Waals surface area contributed by atoms with E-state index >= 15 is 4.79 Å². The van der Waals surface area contributed by atoms with E-state index < -0.39 is 173 Å². The number of alkyl carbamates (subject to hydrolysis) is 1. The van der Waals surface area contributed by atoms with Crippen molar-refractivity contribution < 1.29 is 131 Å². The molecule has 6 aromatic rings. The van der Waals surface area contributed by atoms with Crippen molar-refractivity contribution in [1.82, 2.24) is 56.0 Å². The number of fused-ring (bicyclic) bond motifs is 7. The molecular formula is C94H121N13O28S2. The molecular weight excluding hydrogens is 1820 g/mol. The number of aryl methyl sites for hydroxylation is 2. The summed E-state index contributed by atoms with van der Waals surface area (Å²) in [6.07, 6.45) is 5.54. The van der Waals surface area contributed by atoms with Crippen molar-refractivity contribution in [2.24, 2.45) is 29.1 Å². The summed E-state index contributed by atoms with van der Waals surface area (Å²) in [5.74, 6) is -10.5. The minimum atomic E-state index is -2.47. The number of aliphatic carboxylic acids is 2. The topological polar surface area (TPSA) is 601 Å². The third kappa shape index (κ3) is 26.4. The lowest BCUT2D eigenvalue weighted by Crippen LogP contribution is -2.81. The van der Waals surface area contributed by atoms with E-state index in [0.29, 0.717) is 102 Å². The van der Waals surface area contributed by atoms with Crippen molar-refractivity contribution in [1.29, 1.82) is 0 Å². The molecule has 2 bridgehead atoms. The van der Waals surface area contributed by atoms with E-state index in [9.17, 15) is 73.5 Å². The lowest BCUT2D eigenvalue weighted by molar-refractivity contribution is -0.201. The Labute approximate surface area is 797 Å². The van der Waals surface area contributed by atoms with Gasteiger partial charge in [0.25, 0.3) is 5.56 Å². The molecule has 5 aliphatic heterocycles. The standard InChI is InChI=1S/C91H121N13O22S2.3CO2/c1-9-88(119)46-56-45-87(5,76-62(24-29-103(50-56)52-88)61-14-11-12-15-65(61)99-76)64-43-63-67(44-71(64)122-8)102(6)83-90(63)27-30-104-28-13-26-89(10-2,82(90)104)84(117)91(83,120)72(108)49-95-86(118)126-38-39-127-128-51-59(81(115)116)42-68(105)54(4)96-78(111)53(3)40-70(107)66(48-93-73(109)25-31-123-34-35-125-37-36-124-33-32-121-7)98-74(110)23-21-58(80(113)114)41-69(106)57-19-16-55(17-20-57)18-22-60-47-94-77-75(97-60)79(112)101-85(92)100-77;3*2-1-3/h11-17,19-20,26,43-44,47,53-54,56,58-59,66,82-84,99,117,119-120H,9-10,18,21-25,27-42,45-46,48-52H2,1-8H3,(H,93,109)(H,95,118)(H,96,111)(H,98,110)(H,113,114)(H,115,116)(H3,92,94,100,101,112);;;/t53-,54+,56+,58-,59?,66+,82+,83-,84-,87-,88+,89-,90-,91+;;;/m1.../s1. The van der Waals surface area contributed by atoms with Crippen molar-refractivity contribution in [3.8, 4) is 5.75 Å². The van der Waals surface area contributed by atoms with E-state index in [2.05, 4.69) is 94.1 Å². The van der Waals surface area contributed by atoms with Crippen LogP contribution in [0.15, 0.2) is 83.8 Å². The van der Waals surface area contributed by atoms with E-state index in [0.717, 1.165) is 80.1 Å². The molecule has 3 aromatic heterocycles. The molecule has 1 saturated carbocycles. The summed E-state index contributed by atoms with van der Waals surface area (Å²) >= 11 is 0. The van der Waals surface area contributed by atoms with Crippen LogP contribution in [0.4, 0.5) is 16.4 Å². The number of amides is 4. The number of anilines is 2.